The minimum absolute atomic E-state index is 0.0887. The zero-order valence-electron chi connectivity index (χ0n) is 9.81. The molecule has 94 valence electrons. The Hall–Kier alpha value is -2.49. The van der Waals surface area contributed by atoms with Crippen LogP contribution in [0.25, 0.3) is 16.6 Å². The number of rotatable bonds is 2. The lowest BCUT2D eigenvalue weighted by atomic mass is 10.1. The number of nitrogens with zero attached hydrogens (tertiary/aromatic N) is 1. The molecule has 19 heavy (non-hydrogen) atoms. The average molecular weight is 257 g/mol. The Kier molecular flexibility index (Phi) is 2.63. The van der Waals surface area contributed by atoms with Crippen LogP contribution in [0.15, 0.2) is 48.7 Å². The second-order valence-corrected chi connectivity index (χ2v) is 4.18. The lowest BCUT2D eigenvalue weighted by Crippen LogP contribution is -1.93. The number of halogens is 2. The third kappa shape index (κ3) is 1.81. The number of hydrogen-bond donors (Lipinski definition) is 0. The van der Waals surface area contributed by atoms with Gasteiger partial charge in [-0.2, -0.15) is 0 Å². The highest BCUT2D eigenvalue weighted by atomic mass is 19.1. The molecule has 2 heterocycles. The Morgan fingerprint density at radius 2 is 1.84 bits per heavy atom. The van der Waals surface area contributed by atoms with Crippen molar-refractivity contribution in [3.05, 3.63) is 66.0 Å². The van der Waals surface area contributed by atoms with Crippen LogP contribution in [0, 0.1) is 11.6 Å². The fraction of sp³-hybridized carbons (Fsp3) is 0. The summed E-state index contributed by atoms with van der Waals surface area (Å²) in [5, 5.41) is 0. The molecule has 0 saturated heterocycles. The van der Waals surface area contributed by atoms with Crippen molar-refractivity contribution >= 4 is 11.8 Å². The van der Waals surface area contributed by atoms with Gasteiger partial charge in [0, 0.05) is 22.8 Å². The molecule has 0 spiro atoms. The van der Waals surface area contributed by atoms with E-state index in [1.165, 1.54) is 0 Å². The molecule has 3 aromatic rings. The summed E-state index contributed by atoms with van der Waals surface area (Å²) in [6.45, 7) is 0. The van der Waals surface area contributed by atoms with Gasteiger partial charge in [-0.1, -0.05) is 6.07 Å². The summed E-state index contributed by atoms with van der Waals surface area (Å²) in [5.74, 6) is -1.09. The van der Waals surface area contributed by atoms with Crippen molar-refractivity contribution in [1.82, 2.24) is 4.40 Å². The Morgan fingerprint density at radius 3 is 2.63 bits per heavy atom. The smallest absolute Gasteiger partial charge is 0.167 e. The van der Waals surface area contributed by atoms with E-state index in [-0.39, 0.29) is 5.56 Å². The van der Waals surface area contributed by atoms with Gasteiger partial charge in [-0.3, -0.25) is 4.79 Å². The lowest BCUT2D eigenvalue weighted by molar-refractivity contribution is 0.111. The fourth-order valence-corrected chi connectivity index (χ4v) is 2.18. The summed E-state index contributed by atoms with van der Waals surface area (Å²) in [4.78, 5) is 11.2. The molecular weight excluding hydrogens is 248 g/mol. The number of carbonyl (C=O) groups excluding carboxylic acids is 1. The quantitative estimate of drug-likeness (QED) is 0.641. The number of carbonyl (C=O) groups is 1. The maximum absolute atomic E-state index is 13.8. The molecule has 0 amide bonds. The zero-order chi connectivity index (χ0) is 13.4. The Balaban J connectivity index is 2.36. The maximum Gasteiger partial charge on any atom is 0.167 e. The maximum atomic E-state index is 13.8. The van der Waals surface area contributed by atoms with Crippen LogP contribution in [0.2, 0.25) is 0 Å². The summed E-state index contributed by atoms with van der Waals surface area (Å²) < 4.78 is 28.7. The number of fused-ring (bicyclic) bond motifs is 1. The van der Waals surface area contributed by atoms with Crippen molar-refractivity contribution < 1.29 is 13.6 Å². The molecule has 0 aliphatic carbocycles. The van der Waals surface area contributed by atoms with E-state index in [1.807, 2.05) is 6.07 Å². The van der Waals surface area contributed by atoms with E-state index in [4.69, 9.17) is 0 Å². The van der Waals surface area contributed by atoms with Gasteiger partial charge in [0.15, 0.2) is 6.29 Å². The first-order valence-corrected chi connectivity index (χ1v) is 5.71. The standard InChI is InChI=1S/C15H9F2NO/c16-10-4-5-14(17)12(7-10)13-8-11-3-1-2-6-18(11)15(13)9-19/h1-9H. The second-order valence-electron chi connectivity index (χ2n) is 4.18. The molecule has 0 bridgehead atoms. The van der Waals surface area contributed by atoms with Crippen LogP contribution in [0.5, 0.6) is 0 Å². The van der Waals surface area contributed by atoms with Gasteiger partial charge >= 0.3 is 0 Å². The average Bonchev–Trinajstić information content (AvgIpc) is 2.79. The molecule has 2 nitrogen and oxygen atoms in total. The van der Waals surface area contributed by atoms with E-state index in [9.17, 15) is 13.6 Å². The molecule has 0 unspecified atom stereocenters. The van der Waals surface area contributed by atoms with Crippen molar-refractivity contribution in [2.45, 2.75) is 0 Å². The fourth-order valence-electron chi connectivity index (χ4n) is 2.18. The van der Waals surface area contributed by atoms with Crippen LogP contribution in [0.1, 0.15) is 10.5 Å². The Labute approximate surface area is 107 Å². The van der Waals surface area contributed by atoms with Crippen LogP contribution >= 0.6 is 0 Å². The van der Waals surface area contributed by atoms with E-state index in [1.54, 1.807) is 28.8 Å². The molecule has 0 N–H and O–H groups in total. The summed E-state index contributed by atoms with van der Waals surface area (Å²) in [6.07, 6.45) is 2.35. The van der Waals surface area contributed by atoms with Gasteiger partial charge in [-0.05, 0) is 36.4 Å². The van der Waals surface area contributed by atoms with Gasteiger partial charge in [0.2, 0.25) is 0 Å². The first-order chi connectivity index (χ1) is 9.20. The highest BCUT2D eigenvalue weighted by Crippen LogP contribution is 2.29. The van der Waals surface area contributed by atoms with Crippen LogP contribution in [-0.4, -0.2) is 10.7 Å². The SMILES string of the molecule is O=Cc1c(-c2cc(F)ccc2F)cc2ccccn12. The van der Waals surface area contributed by atoms with Crippen molar-refractivity contribution in [3.8, 4) is 11.1 Å². The highest BCUT2D eigenvalue weighted by Gasteiger charge is 2.15. The van der Waals surface area contributed by atoms with Crippen molar-refractivity contribution in [3.63, 3.8) is 0 Å². The lowest BCUT2D eigenvalue weighted by Gasteiger charge is -2.02. The van der Waals surface area contributed by atoms with Crippen molar-refractivity contribution in [2.75, 3.05) is 0 Å². The third-order valence-corrected chi connectivity index (χ3v) is 3.05. The monoisotopic (exact) mass is 257 g/mol. The van der Waals surface area contributed by atoms with Crippen LogP contribution in [0.4, 0.5) is 8.78 Å². The number of pyridine rings is 1. The van der Waals surface area contributed by atoms with Gasteiger partial charge < -0.3 is 4.40 Å². The molecule has 3 rings (SSSR count). The number of aromatic nitrogens is 1. The summed E-state index contributed by atoms with van der Waals surface area (Å²) in [5.41, 5.74) is 1.53. The van der Waals surface area contributed by atoms with E-state index in [2.05, 4.69) is 0 Å². The van der Waals surface area contributed by atoms with Gasteiger partial charge in [-0.25, -0.2) is 8.78 Å². The normalized spacial score (nSPS) is 10.8. The Bertz CT molecular complexity index is 777. The predicted molar refractivity (Wildman–Crippen MR) is 68.1 cm³/mol. The molecule has 4 heteroatoms. The van der Waals surface area contributed by atoms with Gasteiger partial charge in [0.25, 0.3) is 0 Å². The number of benzene rings is 1. The second kappa shape index (κ2) is 4.31. The van der Waals surface area contributed by atoms with Crippen molar-refractivity contribution in [1.29, 1.82) is 0 Å². The molecule has 0 atom stereocenters. The Morgan fingerprint density at radius 1 is 1.00 bits per heavy atom. The van der Waals surface area contributed by atoms with Gasteiger partial charge in [0.05, 0.1) is 5.69 Å². The van der Waals surface area contributed by atoms with Gasteiger partial charge in [0.1, 0.15) is 11.6 Å². The third-order valence-electron chi connectivity index (χ3n) is 3.05. The largest absolute Gasteiger partial charge is 0.314 e. The minimum Gasteiger partial charge on any atom is -0.314 e. The zero-order valence-corrected chi connectivity index (χ0v) is 9.81. The molecule has 0 aliphatic heterocycles. The summed E-state index contributed by atoms with van der Waals surface area (Å²) >= 11 is 0. The van der Waals surface area contributed by atoms with E-state index in [0.717, 1.165) is 23.7 Å². The molecular formula is C15H9F2NO. The number of hydrogen-bond acceptors (Lipinski definition) is 1. The first kappa shape index (κ1) is 11.6. The minimum atomic E-state index is -0.555. The van der Waals surface area contributed by atoms with Gasteiger partial charge in [-0.15, -0.1) is 0 Å². The molecule has 1 aromatic carbocycles. The summed E-state index contributed by atoms with van der Waals surface area (Å²) in [6, 6.07) is 10.3. The van der Waals surface area contributed by atoms with E-state index >= 15 is 0 Å². The van der Waals surface area contributed by atoms with Crippen LogP contribution < -0.4 is 0 Å². The predicted octanol–water partition coefficient (Wildman–Crippen LogP) is 3.70. The molecule has 0 fully saturated rings. The topological polar surface area (TPSA) is 21.5 Å². The number of aldehydes is 1. The molecule has 2 aromatic heterocycles. The van der Waals surface area contributed by atoms with E-state index < -0.39 is 11.6 Å². The first-order valence-electron chi connectivity index (χ1n) is 5.71. The molecule has 0 radical (unpaired) electrons. The summed E-state index contributed by atoms with van der Waals surface area (Å²) in [7, 11) is 0. The molecule has 0 saturated carbocycles. The van der Waals surface area contributed by atoms with E-state index in [0.29, 0.717) is 17.5 Å². The molecule has 0 aliphatic rings. The van der Waals surface area contributed by atoms with Crippen molar-refractivity contribution in [2.24, 2.45) is 0 Å². The highest BCUT2D eigenvalue weighted by molar-refractivity contribution is 5.89. The van der Waals surface area contributed by atoms with Crippen LogP contribution in [-0.2, 0) is 0 Å². The van der Waals surface area contributed by atoms with Crippen LogP contribution in [0.3, 0.4) is 0 Å².